The molecular weight excluding hydrogens is 278 g/mol. The van der Waals surface area contributed by atoms with Gasteiger partial charge in [0.05, 0.1) is 12.8 Å². The van der Waals surface area contributed by atoms with E-state index in [4.69, 9.17) is 15.2 Å². The van der Waals surface area contributed by atoms with Gasteiger partial charge in [-0.3, -0.25) is 4.99 Å². The molecule has 2 rings (SSSR count). The second kappa shape index (κ2) is 8.03. The van der Waals surface area contributed by atoms with Gasteiger partial charge in [-0.2, -0.15) is 0 Å². The first kappa shape index (κ1) is 16.6. The molecule has 0 aliphatic heterocycles. The van der Waals surface area contributed by atoms with Crippen LogP contribution in [-0.2, 0) is 4.74 Å². The number of benzene rings is 1. The molecule has 1 aromatic rings. The Morgan fingerprint density at radius 2 is 2.14 bits per heavy atom. The summed E-state index contributed by atoms with van der Waals surface area (Å²) in [4.78, 5) is 4.54. The van der Waals surface area contributed by atoms with E-state index in [-0.39, 0.29) is 5.41 Å². The lowest BCUT2D eigenvalue weighted by molar-refractivity contribution is 0.0610. The van der Waals surface area contributed by atoms with Crippen LogP contribution in [-0.4, -0.2) is 32.8 Å². The summed E-state index contributed by atoms with van der Waals surface area (Å²) in [5.74, 6) is 1.20. The summed E-state index contributed by atoms with van der Waals surface area (Å²) >= 11 is 0. The van der Waals surface area contributed by atoms with E-state index in [9.17, 15) is 0 Å². The summed E-state index contributed by atoms with van der Waals surface area (Å²) in [6.45, 7) is 4.37. The predicted octanol–water partition coefficient (Wildman–Crippen LogP) is 3.02. The van der Waals surface area contributed by atoms with Crippen LogP contribution in [0.4, 0.5) is 5.69 Å². The van der Waals surface area contributed by atoms with E-state index in [2.05, 4.69) is 10.3 Å². The molecule has 0 radical (unpaired) electrons. The van der Waals surface area contributed by atoms with Crippen LogP contribution in [0.2, 0.25) is 0 Å². The van der Waals surface area contributed by atoms with E-state index in [1.807, 2.05) is 31.2 Å². The molecule has 1 fully saturated rings. The fraction of sp³-hybridized carbons (Fsp3) is 0.588. The molecule has 0 heterocycles. The maximum absolute atomic E-state index is 6.02. The van der Waals surface area contributed by atoms with Gasteiger partial charge in [0, 0.05) is 19.8 Å². The highest BCUT2D eigenvalue weighted by atomic mass is 16.5. The van der Waals surface area contributed by atoms with Gasteiger partial charge in [0.2, 0.25) is 0 Å². The van der Waals surface area contributed by atoms with E-state index in [1.54, 1.807) is 7.11 Å². The van der Waals surface area contributed by atoms with Crippen LogP contribution in [0.25, 0.3) is 0 Å². The van der Waals surface area contributed by atoms with Gasteiger partial charge in [-0.25, -0.2) is 0 Å². The van der Waals surface area contributed by atoms with Crippen LogP contribution in [0.1, 0.15) is 32.6 Å². The van der Waals surface area contributed by atoms with Gasteiger partial charge in [-0.05, 0) is 43.7 Å². The van der Waals surface area contributed by atoms with Crippen molar-refractivity contribution in [2.24, 2.45) is 16.1 Å². The molecule has 0 aromatic heterocycles. The number of anilines is 1. The van der Waals surface area contributed by atoms with Crippen LogP contribution >= 0.6 is 0 Å². The van der Waals surface area contributed by atoms with Crippen molar-refractivity contribution in [1.29, 1.82) is 0 Å². The maximum atomic E-state index is 6.02. The van der Waals surface area contributed by atoms with Crippen molar-refractivity contribution in [1.82, 2.24) is 0 Å². The lowest BCUT2D eigenvalue weighted by Gasteiger charge is -2.40. The Morgan fingerprint density at radius 1 is 1.36 bits per heavy atom. The molecule has 0 saturated heterocycles. The molecule has 122 valence electrons. The summed E-state index contributed by atoms with van der Waals surface area (Å²) in [6.07, 6.45) is 4.77. The first-order valence-corrected chi connectivity index (χ1v) is 7.97. The van der Waals surface area contributed by atoms with Crippen molar-refractivity contribution in [2.75, 3.05) is 32.2 Å². The van der Waals surface area contributed by atoms with Gasteiger partial charge in [-0.1, -0.05) is 18.6 Å². The summed E-state index contributed by atoms with van der Waals surface area (Å²) in [5.41, 5.74) is 7.14. The fourth-order valence-corrected chi connectivity index (χ4v) is 2.78. The number of nitrogens with two attached hydrogens (primary N) is 1. The summed E-state index contributed by atoms with van der Waals surface area (Å²) < 4.78 is 10.8. The monoisotopic (exact) mass is 305 g/mol. The Kier molecular flexibility index (Phi) is 6.07. The highest BCUT2D eigenvalue weighted by molar-refractivity contribution is 5.93. The molecule has 0 spiro atoms. The van der Waals surface area contributed by atoms with Crippen LogP contribution in [0.3, 0.4) is 0 Å². The predicted molar refractivity (Wildman–Crippen MR) is 90.5 cm³/mol. The summed E-state index contributed by atoms with van der Waals surface area (Å²) in [6, 6.07) is 7.68. The standard InChI is InChI=1S/C17H27N3O2/c1-3-22-12-11-17(9-6-10-17)13-19-16(18)20-14-7-4-5-8-15(14)21-2/h4-5,7-8H,3,6,9-13H2,1-2H3,(H3,18,19,20). The van der Waals surface area contributed by atoms with E-state index < -0.39 is 0 Å². The highest BCUT2D eigenvalue weighted by Gasteiger charge is 2.36. The molecule has 0 unspecified atom stereocenters. The molecular formula is C17H27N3O2. The van der Waals surface area contributed by atoms with Crippen molar-refractivity contribution in [2.45, 2.75) is 32.6 Å². The number of ether oxygens (including phenoxy) is 2. The number of nitrogens with one attached hydrogen (secondary N) is 1. The molecule has 0 bridgehead atoms. The minimum absolute atomic E-state index is 0.280. The maximum Gasteiger partial charge on any atom is 0.193 e. The van der Waals surface area contributed by atoms with Gasteiger partial charge in [0.15, 0.2) is 5.96 Å². The SMILES string of the molecule is CCOCCC1(CN=C(N)Nc2ccccc2OC)CCC1. The van der Waals surface area contributed by atoms with Gasteiger partial charge in [0.25, 0.3) is 0 Å². The number of guanidine groups is 1. The Morgan fingerprint density at radius 3 is 2.77 bits per heavy atom. The van der Waals surface area contributed by atoms with Gasteiger partial charge >= 0.3 is 0 Å². The molecule has 0 atom stereocenters. The summed E-state index contributed by atoms with van der Waals surface area (Å²) in [5, 5.41) is 3.12. The lowest BCUT2D eigenvalue weighted by Crippen LogP contribution is -2.35. The van der Waals surface area contributed by atoms with Gasteiger partial charge in [-0.15, -0.1) is 0 Å². The van der Waals surface area contributed by atoms with Gasteiger partial charge < -0.3 is 20.5 Å². The van der Waals surface area contributed by atoms with Crippen LogP contribution < -0.4 is 15.8 Å². The number of aliphatic imine (C=N–C) groups is 1. The first-order valence-electron chi connectivity index (χ1n) is 7.97. The molecule has 5 nitrogen and oxygen atoms in total. The van der Waals surface area contributed by atoms with Crippen molar-refractivity contribution in [3.8, 4) is 5.75 Å². The molecule has 1 saturated carbocycles. The zero-order chi connectivity index (χ0) is 15.8. The number of hydrogen-bond donors (Lipinski definition) is 2. The smallest absolute Gasteiger partial charge is 0.193 e. The minimum Gasteiger partial charge on any atom is -0.495 e. The third-order valence-corrected chi connectivity index (χ3v) is 4.35. The second-order valence-corrected chi connectivity index (χ2v) is 5.83. The molecule has 1 aromatic carbocycles. The Labute approximate surface area is 132 Å². The average Bonchev–Trinajstić information content (AvgIpc) is 2.49. The lowest BCUT2D eigenvalue weighted by atomic mass is 9.67. The average molecular weight is 305 g/mol. The van der Waals surface area contributed by atoms with Crippen molar-refractivity contribution < 1.29 is 9.47 Å². The molecule has 5 heteroatoms. The van der Waals surface area contributed by atoms with Crippen LogP contribution in [0.15, 0.2) is 29.3 Å². The second-order valence-electron chi connectivity index (χ2n) is 5.83. The van der Waals surface area contributed by atoms with E-state index in [1.165, 1.54) is 19.3 Å². The summed E-state index contributed by atoms with van der Waals surface area (Å²) in [7, 11) is 1.64. The third-order valence-electron chi connectivity index (χ3n) is 4.35. The Bertz CT molecular complexity index is 498. The van der Waals surface area contributed by atoms with Gasteiger partial charge in [0.1, 0.15) is 5.75 Å². The van der Waals surface area contributed by atoms with Crippen molar-refractivity contribution in [3.05, 3.63) is 24.3 Å². The van der Waals surface area contributed by atoms with E-state index in [0.29, 0.717) is 5.96 Å². The first-order chi connectivity index (χ1) is 10.7. The topological polar surface area (TPSA) is 68.9 Å². The molecule has 22 heavy (non-hydrogen) atoms. The Hall–Kier alpha value is -1.75. The minimum atomic E-state index is 0.280. The zero-order valence-electron chi connectivity index (χ0n) is 13.6. The molecule has 1 aliphatic carbocycles. The van der Waals surface area contributed by atoms with Crippen molar-refractivity contribution >= 4 is 11.6 Å². The zero-order valence-corrected chi connectivity index (χ0v) is 13.6. The molecule has 3 N–H and O–H groups in total. The number of methoxy groups -OCH3 is 1. The van der Waals surface area contributed by atoms with E-state index in [0.717, 1.165) is 37.6 Å². The fourth-order valence-electron chi connectivity index (χ4n) is 2.78. The van der Waals surface area contributed by atoms with Crippen LogP contribution in [0.5, 0.6) is 5.75 Å². The number of para-hydroxylation sites is 2. The molecule has 1 aliphatic rings. The highest BCUT2D eigenvalue weighted by Crippen LogP contribution is 2.44. The number of nitrogens with zero attached hydrogens (tertiary/aromatic N) is 1. The number of hydrogen-bond acceptors (Lipinski definition) is 3. The molecule has 0 amide bonds. The largest absolute Gasteiger partial charge is 0.495 e. The third kappa shape index (κ3) is 4.37. The number of rotatable bonds is 8. The Balaban J connectivity index is 1.91. The normalized spacial score (nSPS) is 16.9. The quantitative estimate of drug-likeness (QED) is 0.440. The van der Waals surface area contributed by atoms with E-state index >= 15 is 0 Å². The van der Waals surface area contributed by atoms with Crippen molar-refractivity contribution in [3.63, 3.8) is 0 Å². The van der Waals surface area contributed by atoms with Crippen LogP contribution in [0, 0.1) is 5.41 Å².